The number of nitrogens with zero attached hydrogens (tertiary/aromatic N) is 3. The molecule has 1 heterocycles. The average Bonchev–Trinajstić information content (AvgIpc) is 2.99. The number of para-hydroxylation sites is 1. The van der Waals surface area contributed by atoms with Crippen LogP contribution in [-0.2, 0) is 0 Å². The summed E-state index contributed by atoms with van der Waals surface area (Å²) in [6, 6.07) is 22.5. The van der Waals surface area contributed by atoms with Crippen LogP contribution in [0, 0.1) is 0 Å². The van der Waals surface area contributed by atoms with E-state index >= 15 is 0 Å². The SMILES string of the molecule is COc1ccc(C(=O)N(CC=Cc2ccccc2OC)CCN2CCN(C(=O)c3ccc(Br)cc3)CC2)cc1. The summed E-state index contributed by atoms with van der Waals surface area (Å²) in [5, 5.41) is 0. The molecular weight excluding hydrogens is 558 g/mol. The second kappa shape index (κ2) is 14.0. The lowest BCUT2D eigenvalue weighted by Crippen LogP contribution is -2.50. The van der Waals surface area contributed by atoms with Crippen molar-refractivity contribution in [2.24, 2.45) is 0 Å². The number of carbonyl (C=O) groups excluding carboxylic acids is 2. The standard InChI is InChI=1S/C31H34BrN3O4/c1-38-28-15-11-26(12-16-28)30(36)34(17-5-7-24-6-3-4-8-29(24)39-2)21-18-33-19-22-35(23-20-33)31(37)25-9-13-27(32)14-10-25/h3-16H,17-23H2,1-2H3. The molecule has 0 N–H and O–H groups in total. The highest BCUT2D eigenvalue weighted by Gasteiger charge is 2.23. The summed E-state index contributed by atoms with van der Waals surface area (Å²) >= 11 is 3.42. The molecular formula is C31H34BrN3O4. The van der Waals surface area contributed by atoms with Gasteiger partial charge in [0.1, 0.15) is 11.5 Å². The predicted octanol–water partition coefficient (Wildman–Crippen LogP) is 5.08. The van der Waals surface area contributed by atoms with Gasteiger partial charge in [-0.3, -0.25) is 14.5 Å². The Morgan fingerprint density at radius 1 is 0.872 bits per heavy atom. The van der Waals surface area contributed by atoms with Gasteiger partial charge < -0.3 is 19.3 Å². The van der Waals surface area contributed by atoms with Gasteiger partial charge in [0.2, 0.25) is 0 Å². The number of methoxy groups -OCH3 is 2. The lowest BCUT2D eigenvalue weighted by Gasteiger charge is -2.36. The van der Waals surface area contributed by atoms with Crippen LogP contribution in [0.4, 0.5) is 0 Å². The normalized spacial score (nSPS) is 13.9. The van der Waals surface area contributed by atoms with Crippen LogP contribution in [0.25, 0.3) is 6.08 Å². The molecule has 4 rings (SSSR count). The Morgan fingerprint density at radius 2 is 1.54 bits per heavy atom. The van der Waals surface area contributed by atoms with E-state index in [-0.39, 0.29) is 11.8 Å². The molecule has 39 heavy (non-hydrogen) atoms. The highest BCUT2D eigenvalue weighted by Crippen LogP contribution is 2.19. The Bertz CT molecular complexity index is 1270. The van der Waals surface area contributed by atoms with Crippen LogP contribution in [0.3, 0.4) is 0 Å². The first-order chi connectivity index (χ1) is 19.0. The number of hydrogen-bond donors (Lipinski definition) is 0. The number of piperazine rings is 1. The molecule has 1 saturated heterocycles. The summed E-state index contributed by atoms with van der Waals surface area (Å²) in [4.78, 5) is 32.4. The number of halogens is 1. The van der Waals surface area contributed by atoms with Gasteiger partial charge >= 0.3 is 0 Å². The number of benzene rings is 3. The zero-order valence-electron chi connectivity index (χ0n) is 22.4. The monoisotopic (exact) mass is 591 g/mol. The average molecular weight is 593 g/mol. The van der Waals surface area contributed by atoms with Crippen molar-refractivity contribution in [2.45, 2.75) is 0 Å². The Hall–Kier alpha value is -3.62. The molecule has 7 nitrogen and oxygen atoms in total. The van der Waals surface area contributed by atoms with E-state index in [1.807, 2.05) is 70.5 Å². The first-order valence-corrected chi connectivity index (χ1v) is 13.8. The molecule has 0 bridgehead atoms. The number of rotatable bonds is 10. The summed E-state index contributed by atoms with van der Waals surface area (Å²) in [6.45, 7) is 4.62. The topological polar surface area (TPSA) is 62.3 Å². The Kier molecular flexibility index (Phi) is 10.2. The Morgan fingerprint density at radius 3 is 2.21 bits per heavy atom. The molecule has 1 aliphatic heterocycles. The second-order valence-corrected chi connectivity index (χ2v) is 10.2. The summed E-state index contributed by atoms with van der Waals surface area (Å²) < 4.78 is 11.6. The molecule has 8 heteroatoms. The van der Waals surface area contributed by atoms with Crippen LogP contribution < -0.4 is 9.47 Å². The van der Waals surface area contributed by atoms with Gasteiger partial charge in [-0.05, 0) is 54.6 Å². The third kappa shape index (κ3) is 7.71. The minimum Gasteiger partial charge on any atom is -0.497 e. The Balaban J connectivity index is 1.38. The van der Waals surface area contributed by atoms with Crippen LogP contribution in [-0.4, -0.2) is 86.5 Å². The van der Waals surface area contributed by atoms with Gasteiger partial charge in [-0.2, -0.15) is 0 Å². The molecule has 3 aromatic rings. The number of hydrogen-bond acceptors (Lipinski definition) is 5. The minimum absolute atomic E-state index is 0.0358. The van der Waals surface area contributed by atoms with Gasteiger partial charge in [-0.15, -0.1) is 0 Å². The molecule has 0 radical (unpaired) electrons. The van der Waals surface area contributed by atoms with E-state index < -0.39 is 0 Å². The lowest BCUT2D eigenvalue weighted by molar-refractivity contribution is 0.0609. The predicted molar refractivity (Wildman–Crippen MR) is 157 cm³/mol. The van der Waals surface area contributed by atoms with Crippen molar-refractivity contribution < 1.29 is 19.1 Å². The van der Waals surface area contributed by atoms with E-state index in [4.69, 9.17) is 9.47 Å². The highest BCUT2D eigenvalue weighted by atomic mass is 79.9. The maximum atomic E-state index is 13.5. The quantitative estimate of drug-likeness (QED) is 0.329. The largest absolute Gasteiger partial charge is 0.497 e. The fourth-order valence-corrected chi connectivity index (χ4v) is 4.78. The first-order valence-electron chi connectivity index (χ1n) is 13.0. The van der Waals surface area contributed by atoms with Gasteiger partial charge in [-0.25, -0.2) is 0 Å². The molecule has 0 aromatic heterocycles. The van der Waals surface area contributed by atoms with Gasteiger partial charge in [-0.1, -0.05) is 46.3 Å². The fourth-order valence-electron chi connectivity index (χ4n) is 4.51. The molecule has 3 aromatic carbocycles. The van der Waals surface area contributed by atoms with E-state index in [9.17, 15) is 9.59 Å². The van der Waals surface area contributed by atoms with Crippen molar-refractivity contribution in [3.63, 3.8) is 0 Å². The van der Waals surface area contributed by atoms with Crippen molar-refractivity contribution in [1.29, 1.82) is 0 Å². The summed E-state index contributed by atoms with van der Waals surface area (Å²) in [5.74, 6) is 1.52. The maximum absolute atomic E-state index is 13.5. The van der Waals surface area contributed by atoms with Gasteiger partial charge in [0, 0.05) is 67.0 Å². The van der Waals surface area contributed by atoms with Gasteiger partial charge in [0.25, 0.3) is 11.8 Å². The molecule has 0 atom stereocenters. The molecule has 0 saturated carbocycles. The van der Waals surface area contributed by atoms with Crippen molar-refractivity contribution in [1.82, 2.24) is 14.7 Å². The Labute approximate surface area is 238 Å². The summed E-state index contributed by atoms with van der Waals surface area (Å²) in [5.41, 5.74) is 2.28. The molecule has 1 aliphatic rings. The van der Waals surface area contributed by atoms with E-state index in [0.29, 0.717) is 43.1 Å². The van der Waals surface area contributed by atoms with E-state index in [0.717, 1.165) is 35.4 Å². The zero-order valence-corrected chi connectivity index (χ0v) is 24.0. The highest BCUT2D eigenvalue weighted by molar-refractivity contribution is 9.10. The molecule has 0 unspecified atom stereocenters. The van der Waals surface area contributed by atoms with Crippen molar-refractivity contribution in [3.05, 3.63) is 100 Å². The number of amides is 2. The molecule has 0 aliphatic carbocycles. The smallest absolute Gasteiger partial charge is 0.254 e. The molecule has 1 fully saturated rings. The van der Waals surface area contributed by atoms with Crippen molar-refractivity contribution >= 4 is 33.8 Å². The number of carbonyl (C=O) groups is 2. The van der Waals surface area contributed by atoms with E-state index in [1.54, 1.807) is 38.5 Å². The van der Waals surface area contributed by atoms with Crippen LogP contribution in [0.2, 0.25) is 0 Å². The maximum Gasteiger partial charge on any atom is 0.254 e. The molecule has 0 spiro atoms. The first kappa shape index (κ1) is 28.4. The van der Waals surface area contributed by atoms with Gasteiger partial charge in [0.15, 0.2) is 0 Å². The fraction of sp³-hybridized carbons (Fsp3) is 0.290. The van der Waals surface area contributed by atoms with Crippen molar-refractivity contribution in [2.75, 3.05) is 60.0 Å². The van der Waals surface area contributed by atoms with Crippen LogP contribution in [0.5, 0.6) is 11.5 Å². The lowest BCUT2D eigenvalue weighted by atomic mass is 10.1. The third-order valence-electron chi connectivity index (χ3n) is 6.82. The molecule has 204 valence electrons. The zero-order chi connectivity index (χ0) is 27.6. The number of ether oxygens (including phenoxy) is 2. The van der Waals surface area contributed by atoms with Crippen LogP contribution >= 0.6 is 15.9 Å². The van der Waals surface area contributed by atoms with Crippen LogP contribution in [0.1, 0.15) is 26.3 Å². The van der Waals surface area contributed by atoms with E-state index in [1.165, 1.54) is 0 Å². The van der Waals surface area contributed by atoms with Gasteiger partial charge in [0.05, 0.1) is 14.2 Å². The van der Waals surface area contributed by atoms with Crippen LogP contribution in [0.15, 0.2) is 83.3 Å². The van der Waals surface area contributed by atoms with Crippen molar-refractivity contribution in [3.8, 4) is 11.5 Å². The third-order valence-corrected chi connectivity index (χ3v) is 7.35. The second-order valence-electron chi connectivity index (χ2n) is 9.26. The summed E-state index contributed by atoms with van der Waals surface area (Å²) in [6.07, 6.45) is 3.98. The van der Waals surface area contributed by atoms with E-state index in [2.05, 4.69) is 20.8 Å². The summed E-state index contributed by atoms with van der Waals surface area (Å²) in [7, 11) is 3.26. The molecule has 2 amide bonds. The minimum atomic E-state index is -0.0358.